The summed E-state index contributed by atoms with van der Waals surface area (Å²) in [6, 6.07) is 0. The van der Waals surface area contributed by atoms with Crippen LogP contribution in [-0.2, 0) is 0 Å². The molecule has 0 saturated heterocycles. The van der Waals surface area contributed by atoms with E-state index in [0.717, 1.165) is 0 Å². The first-order valence-corrected chi connectivity index (χ1v) is 4.29. The van der Waals surface area contributed by atoms with Gasteiger partial charge in [0, 0.05) is 6.54 Å². The van der Waals surface area contributed by atoms with Crippen molar-refractivity contribution in [1.82, 2.24) is 5.32 Å². The van der Waals surface area contributed by atoms with Crippen LogP contribution in [0.1, 0.15) is 6.92 Å². The van der Waals surface area contributed by atoms with Crippen LogP contribution in [0.4, 0.5) is 0 Å². The fourth-order valence-electron chi connectivity index (χ4n) is 0.562. The summed E-state index contributed by atoms with van der Waals surface area (Å²) < 4.78 is -1.38. The highest BCUT2D eigenvalue weighted by molar-refractivity contribution is 6.69. The molecule has 0 aliphatic heterocycles. The standard InChI is InChI=1S/C7H10Cl3N/c1-3-5-6(11-4-2)7(8,9)10/h3,5,11H,1,4H2,2H3/b6-5-. The van der Waals surface area contributed by atoms with Crippen LogP contribution in [0.3, 0.4) is 0 Å². The normalized spacial score (nSPS) is 12.9. The van der Waals surface area contributed by atoms with Crippen molar-refractivity contribution >= 4 is 34.8 Å². The van der Waals surface area contributed by atoms with Gasteiger partial charge in [0.1, 0.15) is 0 Å². The summed E-state index contributed by atoms with van der Waals surface area (Å²) in [4.78, 5) is 0. The minimum atomic E-state index is -1.38. The van der Waals surface area contributed by atoms with Crippen molar-refractivity contribution in [1.29, 1.82) is 0 Å². The topological polar surface area (TPSA) is 12.0 Å². The number of allylic oxidation sites excluding steroid dienone is 3. The summed E-state index contributed by atoms with van der Waals surface area (Å²) in [5.41, 5.74) is 0.542. The molecule has 0 bridgehead atoms. The van der Waals surface area contributed by atoms with E-state index in [-0.39, 0.29) is 0 Å². The lowest BCUT2D eigenvalue weighted by Gasteiger charge is -2.16. The molecule has 4 heteroatoms. The number of hydrogen-bond donors (Lipinski definition) is 1. The van der Waals surface area contributed by atoms with E-state index in [1.54, 1.807) is 12.2 Å². The minimum absolute atomic E-state index is 0.542. The first kappa shape index (κ1) is 11.2. The van der Waals surface area contributed by atoms with E-state index in [0.29, 0.717) is 12.2 Å². The highest BCUT2D eigenvalue weighted by Crippen LogP contribution is 2.32. The Bertz CT molecular complexity index is 158. The molecule has 0 aliphatic rings. The van der Waals surface area contributed by atoms with Crippen LogP contribution in [0.15, 0.2) is 24.4 Å². The third-order valence-electron chi connectivity index (χ3n) is 0.957. The molecular weight excluding hydrogens is 204 g/mol. The second-order valence-corrected chi connectivity index (χ2v) is 4.13. The van der Waals surface area contributed by atoms with Crippen molar-refractivity contribution in [2.24, 2.45) is 0 Å². The maximum absolute atomic E-state index is 5.61. The molecule has 0 fully saturated rings. The summed E-state index contributed by atoms with van der Waals surface area (Å²) in [6.07, 6.45) is 3.20. The van der Waals surface area contributed by atoms with E-state index in [4.69, 9.17) is 34.8 Å². The molecule has 64 valence electrons. The van der Waals surface area contributed by atoms with Gasteiger partial charge in [0.25, 0.3) is 0 Å². The summed E-state index contributed by atoms with van der Waals surface area (Å²) in [5.74, 6) is 0. The second kappa shape index (κ2) is 4.91. The van der Waals surface area contributed by atoms with Gasteiger partial charge in [0.15, 0.2) is 0 Å². The maximum Gasteiger partial charge on any atom is 0.230 e. The molecule has 0 rings (SSSR count). The van der Waals surface area contributed by atoms with E-state index in [9.17, 15) is 0 Å². The Labute approximate surface area is 82.0 Å². The van der Waals surface area contributed by atoms with Gasteiger partial charge in [-0.05, 0) is 13.0 Å². The van der Waals surface area contributed by atoms with Gasteiger partial charge in [-0.3, -0.25) is 0 Å². The molecule has 0 unspecified atom stereocenters. The van der Waals surface area contributed by atoms with E-state index < -0.39 is 3.79 Å². The molecule has 0 saturated carbocycles. The molecule has 0 amide bonds. The molecule has 0 spiro atoms. The first-order chi connectivity index (χ1) is 5.02. The zero-order valence-electron chi connectivity index (χ0n) is 6.20. The van der Waals surface area contributed by atoms with Gasteiger partial charge in [-0.15, -0.1) is 0 Å². The molecule has 0 aromatic rings. The molecular formula is C7H10Cl3N. The molecule has 0 aliphatic carbocycles. The Hall–Kier alpha value is 0.150. The van der Waals surface area contributed by atoms with Crippen molar-refractivity contribution in [3.05, 3.63) is 24.4 Å². The van der Waals surface area contributed by atoms with Crippen molar-refractivity contribution in [2.75, 3.05) is 6.54 Å². The van der Waals surface area contributed by atoms with Crippen molar-refractivity contribution in [3.63, 3.8) is 0 Å². The summed E-state index contributed by atoms with van der Waals surface area (Å²) in [7, 11) is 0. The third-order valence-corrected chi connectivity index (χ3v) is 1.57. The smallest absolute Gasteiger partial charge is 0.230 e. The van der Waals surface area contributed by atoms with Gasteiger partial charge < -0.3 is 5.32 Å². The van der Waals surface area contributed by atoms with Gasteiger partial charge >= 0.3 is 0 Å². The maximum atomic E-state index is 5.61. The Morgan fingerprint density at radius 1 is 1.55 bits per heavy atom. The predicted octanol–water partition coefficient (Wildman–Crippen LogP) is 3.04. The molecule has 0 atom stereocenters. The number of nitrogens with one attached hydrogen (secondary N) is 1. The third kappa shape index (κ3) is 4.57. The zero-order chi connectivity index (χ0) is 8.91. The summed E-state index contributed by atoms with van der Waals surface area (Å²) >= 11 is 16.8. The first-order valence-electron chi connectivity index (χ1n) is 3.16. The van der Waals surface area contributed by atoms with Crippen LogP contribution < -0.4 is 5.32 Å². The van der Waals surface area contributed by atoms with Gasteiger partial charge in [-0.25, -0.2) is 0 Å². The molecule has 0 radical (unpaired) electrons. The molecule has 1 nitrogen and oxygen atoms in total. The largest absolute Gasteiger partial charge is 0.385 e. The quantitative estimate of drug-likeness (QED) is 0.562. The van der Waals surface area contributed by atoms with E-state index >= 15 is 0 Å². The molecule has 1 N–H and O–H groups in total. The number of halogens is 3. The molecule has 11 heavy (non-hydrogen) atoms. The lowest BCUT2D eigenvalue weighted by molar-refractivity contribution is 0.831. The van der Waals surface area contributed by atoms with Crippen LogP contribution in [0, 0.1) is 0 Å². The SMILES string of the molecule is C=C/C=C(\NCC)C(Cl)(Cl)Cl. The molecule has 0 aromatic heterocycles. The lowest BCUT2D eigenvalue weighted by Crippen LogP contribution is -2.23. The van der Waals surface area contributed by atoms with E-state index in [1.165, 1.54) is 0 Å². The van der Waals surface area contributed by atoms with Gasteiger partial charge in [-0.2, -0.15) is 0 Å². The van der Waals surface area contributed by atoms with E-state index in [1.807, 2.05) is 6.92 Å². The minimum Gasteiger partial charge on any atom is -0.385 e. The number of rotatable bonds is 3. The highest BCUT2D eigenvalue weighted by Gasteiger charge is 2.24. The predicted molar refractivity (Wildman–Crippen MR) is 52.2 cm³/mol. The van der Waals surface area contributed by atoms with Crippen LogP contribution in [0.5, 0.6) is 0 Å². The second-order valence-electron chi connectivity index (χ2n) is 1.84. The Kier molecular flexibility index (Phi) is 4.98. The lowest BCUT2D eigenvalue weighted by atomic mass is 10.4. The van der Waals surface area contributed by atoms with Crippen molar-refractivity contribution in [3.8, 4) is 0 Å². The van der Waals surface area contributed by atoms with Crippen molar-refractivity contribution in [2.45, 2.75) is 10.7 Å². The summed E-state index contributed by atoms with van der Waals surface area (Å²) in [6.45, 7) is 6.14. The monoisotopic (exact) mass is 213 g/mol. The fourth-order valence-corrected chi connectivity index (χ4v) is 0.951. The Morgan fingerprint density at radius 2 is 2.09 bits per heavy atom. The zero-order valence-corrected chi connectivity index (χ0v) is 8.47. The van der Waals surface area contributed by atoms with E-state index in [2.05, 4.69) is 11.9 Å². The number of hydrogen-bond acceptors (Lipinski definition) is 1. The van der Waals surface area contributed by atoms with Crippen LogP contribution in [0.2, 0.25) is 0 Å². The van der Waals surface area contributed by atoms with Crippen molar-refractivity contribution < 1.29 is 0 Å². The average Bonchev–Trinajstić information content (AvgIpc) is 1.85. The van der Waals surface area contributed by atoms with Crippen LogP contribution in [-0.4, -0.2) is 10.3 Å². The van der Waals surface area contributed by atoms with Gasteiger partial charge in [0.05, 0.1) is 5.70 Å². The van der Waals surface area contributed by atoms with Gasteiger partial charge in [-0.1, -0.05) is 47.5 Å². The summed E-state index contributed by atoms with van der Waals surface area (Å²) in [5, 5.41) is 2.92. The van der Waals surface area contributed by atoms with Crippen LogP contribution >= 0.6 is 34.8 Å². The number of alkyl halides is 3. The highest BCUT2D eigenvalue weighted by atomic mass is 35.6. The Balaban J connectivity index is 4.34. The molecule has 0 heterocycles. The van der Waals surface area contributed by atoms with Crippen LogP contribution in [0.25, 0.3) is 0 Å². The fraction of sp³-hybridized carbons (Fsp3) is 0.429. The molecule has 0 aromatic carbocycles. The average molecular weight is 215 g/mol. The van der Waals surface area contributed by atoms with Gasteiger partial charge in [0.2, 0.25) is 3.79 Å². The Morgan fingerprint density at radius 3 is 2.36 bits per heavy atom.